The van der Waals surface area contributed by atoms with Gasteiger partial charge in [-0.2, -0.15) is 0 Å². The number of ether oxygens (including phenoxy) is 1. The van der Waals surface area contributed by atoms with E-state index in [4.69, 9.17) is 17.0 Å². The predicted octanol–water partition coefficient (Wildman–Crippen LogP) is 2.38. The normalized spacial score (nSPS) is 18.2. The topological polar surface area (TPSA) is 33.3 Å². The van der Waals surface area contributed by atoms with Gasteiger partial charge in [-0.1, -0.05) is 18.2 Å². The lowest BCUT2D eigenvalue weighted by atomic mass is 10.0. The van der Waals surface area contributed by atoms with Gasteiger partial charge in [0.15, 0.2) is 5.11 Å². The second kappa shape index (κ2) is 5.36. The van der Waals surface area contributed by atoms with E-state index in [9.17, 15) is 0 Å². The first-order valence-corrected chi connectivity index (χ1v) is 6.36. The van der Waals surface area contributed by atoms with E-state index in [0.717, 1.165) is 18.8 Å². The maximum atomic E-state index is 5.61. The lowest BCUT2D eigenvalue weighted by molar-refractivity contribution is 0.262. The highest BCUT2D eigenvalue weighted by Gasteiger charge is 2.21. The molecule has 0 aliphatic carbocycles. The average Bonchev–Trinajstić information content (AvgIpc) is 2.28. The fraction of sp³-hybridized carbons (Fsp3) is 0.462. The minimum atomic E-state index is 0.249. The number of rotatable bonds is 2. The Hall–Kier alpha value is -1.29. The molecule has 17 heavy (non-hydrogen) atoms. The van der Waals surface area contributed by atoms with Gasteiger partial charge in [-0.25, -0.2) is 0 Å². The highest BCUT2D eigenvalue weighted by molar-refractivity contribution is 7.80. The third-order valence-electron chi connectivity index (χ3n) is 2.68. The molecule has 1 aromatic carbocycles. The molecule has 0 fully saturated rings. The highest BCUT2D eigenvalue weighted by Crippen LogP contribution is 2.31. The van der Waals surface area contributed by atoms with Crippen molar-refractivity contribution < 1.29 is 4.74 Å². The summed E-state index contributed by atoms with van der Waals surface area (Å²) in [7, 11) is 0. The van der Waals surface area contributed by atoms with Crippen LogP contribution in [-0.4, -0.2) is 17.8 Å². The molecule has 3 nitrogen and oxygen atoms in total. The smallest absolute Gasteiger partial charge is 0.166 e. The summed E-state index contributed by atoms with van der Waals surface area (Å²) in [6, 6.07) is 8.71. The van der Waals surface area contributed by atoms with E-state index in [1.54, 1.807) is 0 Å². The number of benzene rings is 1. The Morgan fingerprint density at radius 1 is 1.41 bits per heavy atom. The molecule has 0 unspecified atom stereocenters. The first-order chi connectivity index (χ1) is 8.16. The molecule has 4 heteroatoms. The van der Waals surface area contributed by atoms with E-state index in [1.165, 1.54) is 5.56 Å². The Balaban J connectivity index is 2.06. The second-order valence-electron chi connectivity index (χ2n) is 4.50. The fourth-order valence-electron chi connectivity index (χ4n) is 1.95. The van der Waals surface area contributed by atoms with Gasteiger partial charge in [0, 0.05) is 18.0 Å². The van der Waals surface area contributed by atoms with E-state index in [2.05, 4.69) is 30.5 Å². The van der Waals surface area contributed by atoms with Crippen molar-refractivity contribution in [3.63, 3.8) is 0 Å². The summed E-state index contributed by atoms with van der Waals surface area (Å²) in [5, 5.41) is 7.26. The molecule has 0 aromatic heterocycles. The van der Waals surface area contributed by atoms with Crippen LogP contribution in [0, 0.1) is 0 Å². The highest BCUT2D eigenvalue weighted by atomic mass is 32.1. The van der Waals surface area contributed by atoms with Crippen molar-refractivity contribution in [3.8, 4) is 5.75 Å². The summed E-state index contributed by atoms with van der Waals surface area (Å²) >= 11 is 5.28. The molecule has 0 saturated heterocycles. The van der Waals surface area contributed by atoms with Crippen molar-refractivity contribution in [2.75, 3.05) is 6.61 Å². The van der Waals surface area contributed by atoms with Crippen molar-refractivity contribution in [2.24, 2.45) is 0 Å². The summed E-state index contributed by atoms with van der Waals surface area (Å²) < 4.78 is 5.61. The van der Waals surface area contributed by atoms with Gasteiger partial charge >= 0.3 is 0 Å². The maximum absolute atomic E-state index is 5.61. The minimum Gasteiger partial charge on any atom is -0.493 e. The van der Waals surface area contributed by atoms with Crippen molar-refractivity contribution in [2.45, 2.75) is 32.4 Å². The van der Waals surface area contributed by atoms with Crippen LogP contribution in [0.1, 0.15) is 31.9 Å². The molecule has 2 N–H and O–H groups in total. The van der Waals surface area contributed by atoms with E-state index in [1.807, 2.05) is 18.2 Å². The Bertz CT molecular complexity index is 406. The quantitative estimate of drug-likeness (QED) is 0.790. The molecule has 2 rings (SSSR count). The van der Waals surface area contributed by atoms with Gasteiger partial charge in [0.25, 0.3) is 0 Å². The molecular weight excluding hydrogens is 232 g/mol. The van der Waals surface area contributed by atoms with Gasteiger partial charge in [-0.05, 0) is 32.1 Å². The zero-order valence-corrected chi connectivity index (χ0v) is 11.0. The lowest BCUT2D eigenvalue weighted by Gasteiger charge is -2.28. The van der Waals surface area contributed by atoms with Gasteiger partial charge < -0.3 is 15.4 Å². The van der Waals surface area contributed by atoms with Crippen LogP contribution >= 0.6 is 12.2 Å². The van der Waals surface area contributed by atoms with Crippen molar-refractivity contribution in [1.29, 1.82) is 0 Å². The predicted molar refractivity (Wildman–Crippen MR) is 73.3 cm³/mol. The molecule has 1 atom stereocenters. The number of thiocarbonyl (C=S) groups is 1. The minimum absolute atomic E-state index is 0.249. The molecule has 0 radical (unpaired) electrons. The van der Waals surface area contributed by atoms with Gasteiger partial charge in [0.05, 0.1) is 12.6 Å². The zero-order valence-electron chi connectivity index (χ0n) is 10.2. The first-order valence-electron chi connectivity index (χ1n) is 5.95. The number of nitrogens with one attached hydrogen (secondary N) is 2. The van der Waals surface area contributed by atoms with E-state index in [-0.39, 0.29) is 6.04 Å². The number of para-hydroxylation sites is 1. The average molecular weight is 250 g/mol. The Kier molecular flexibility index (Phi) is 3.84. The summed E-state index contributed by atoms with van der Waals surface area (Å²) in [5.41, 5.74) is 1.19. The van der Waals surface area contributed by atoms with Crippen LogP contribution < -0.4 is 15.4 Å². The monoisotopic (exact) mass is 250 g/mol. The lowest BCUT2D eigenvalue weighted by Crippen LogP contribution is -2.42. The van der Waals surface area contributed by atoms with Crippen LogP contribution in [-0.2, 0) is 0 Å². The van der Waals surface area contributed by atoms with E-state index < -0.39 is 0 Å². The number of hydrogen-bond acceptors (Lipinski definition) is 2. The van der Waals surface area contributed by atoms with Gasteiger partial charge in [-0.15, -0.1) is 0 Å². The molecule has 0 amide bonds. The third kappa shape index (κ3) is 3.09. The maximum Gasteiger partial charge on any atom is 0.166 e. The van der Waals surface area contributed by atoms with Crippen LogP contribution in [0.25, 0.3) is 0 Å². The molecule has 0 spiro atoms. The molecule has 92 valence electrons. The fourth-order valence-corrected chi connectivity index (χ4v) is 2.33. The van der Waals surface area contributed by atoms with Crippen LogP contribution in [0.3, 0.4) is 0 Å². The largest absolute Gasteiger partial charge is 0.493 e. The van der Waals surface area contributed by atoms with Crippen LogP contribution in [0.15, 0.2) is 24.3 Å². The van der Waals surface area contributed by atoms with Crippen LogP contribution in [0.4, 0.5) is 0 Å². The molecule has 1 aliphatic heterocycles. The first kappa shape index (κ1) is 12.2. The Labute approximate surface area is 108 Å². The van der Waals surface area contributed by atoms with Gasteiger partial charge in [0.2, 0.25) is 0 Å². The molecule has 1 aromatic rings. The summed E-state index contributed by atoms with van der Waals surface area (Å²) in [4.78, 5) is 0. The van der Waals surface area contributed by atoms with Gasteiger partial charge in [0.1, 0.15) is 5.75 Å². The van der Waals surface area contributed by atoms with E-state index >= 15 is 0 Å². The Morgan fingerprint density at radius 2 is 2.18 bits per heavy atom. The molecule has 1 heterocycles. The van der Waals surface area contributed by atoms with Crippen molar-refractivity contribution >= 4 is 17.3 Å². The SMILES string of the molecule is CC(C)NC(=S)N[C@H]1CCOc2ccccc21. The van der Waals surface area contributed by atoms with Crippen molar-refractivity contribution in [1.82, 2.24) is 10.6 Å². The molecular formula is C13H18N2OS. The van der Waals surface area contributed by atoms with Crippen molar-refractivity contribution in [3.05, 3.63) is 29.8 Å². The van der Waals surface area contributed by atoms with Crippen LogP contribution in [0.5, 0.6) is 5.75 Å². The summed E-state index contributed by atoms with van der Waals surface area (Å²) in [5.74, 6) is 0.962. The van der Waals surface area contributed by atoms with E-state index in [0.29, 0.717) is 11.2 Å². The van der Waals surface area contributed by atoms with Crippen LogP contribution in [0.2, 0.25) is 0 Å². The molecule has 1 aliphatic rings. The van der Waals surface area contributed by atoms with Gasteiger partial charge in [-0.3, -0.25) is 0 Å². The zero-order chi connectivity index (χ0) is 12.3. The molecule has 0 saturated carbocycles. The number of hydrogen-bond donors (Lipinski definition) is 2. The molecule has 0 bridgehead atoms. The standard InChI is InChI=1S/C13H18N2OS/c1-9(2)14-13(17)15-11-7-8-16-12-6-4-3-5-10(11)12/h3-6,9,11H,7-8H2,1-2H3,(H2,14,15,17)/t11-/m0/s1. The number of fused-ring (bicyclic) bond motifs is 1. The third-order valence-corrected chi connectivity index (χ3v) is 2.92. The Morgan fingerprint density at radius 3 is 2.94 bits per heavy atom. The summed E-state index contributed by atoms with van der Waals surface area (Å²) in [6.45, 7) is 4.89. The summed E-state index contributed by atoms with van der Waals surface area (Å²) in [6.07, 6.45) is 0.941. The second-order valence-corrected chi connectivity index (χ2v) is 4.91.